The van der Waals surface area contributed by atoms with Crippen molar-refractivity contribution in [2.75, 3.05) is 39.4 Å². The molecule has 0 saturated carbocycles. The summed E-state index contributed by atoms with van der Waals surface area (Å²) in [7, 11) is -2.51. The highest BCUT2D eigenvalue weighted by Gasteiger charge is 2.53. The summed E-state index contributed by atoms with van der Waals surface area (Å²) in [5.74, 6) is -4.51. The van der Waals surface area contributed by atoms with Crippen molar-refractivity contribution in [1.82, 2.24) is 20.0 Å². The van der Waals surface area contributed by atoms with Crippen LogP contribution < -0.4 is 10.5 Å². The summed E-state index contributed by atoms with van der Waals surface area (Å²) in [4.78, 5) is 46.9. The van der Waals surface area contributed by atoms with E-state index in [1.807, 2.05) is 41.5 Å². The molecular formula is C50H89F9N6O8S2. The van der Waals surface area contributed by atoms with Gasteiger partial charge in [0, 0.05) is 67.6 Å². The lowest BCUT2D eigenvalue weighted by Crippen LogP contribution is -2.48. The molecule has 4 rings (SSSR count). The number of nitrogens with zero attached hydrogens (tertiary/aromatic N) is 4. The van der Waals surface area contributed by atoms with Crippen molar-refractivity contribution >= 4 is 52.2 Å². The van der Waals surface area contributed by atoms with E-state index in [1.54, 1.807) is 47.8 Å². The van der Waals surface area contributed by atoms with Crippen LogP contribution >= 0.6 is 0 Å². The van der Waals surface area contributed by atoms with Gasteiger partial charge >= 0.3 is 36.3 Å². The van der Waals surface area contributed by atoms with Crippen LogP contribution in [-0.4, -0.2) is 153 Å². The Morgan fingerprint density at radius 3 is 1.17 bits per heavy atom. The summed E-state index contributed by atoms with van der Waals surface area (Å²) in [5.41, 5.74) is -2.02. The Morgan fingerprint density at radius 2 is 0.907 bits per heavy atom. The van der Waals surface area contributed by atoms with Gasteiger partial charge in [-0.15, -0.1) is 0 Å². The molecule has 0 aliphatic carbocycles. The molecule has 25 heteroatoms. The molecular weight excluding hydrogens is 1050 g/mol. The predicted molar refractivity (Wildman–Crippen MR) is 276 cm³/mol. The molecule has 0 bridgehead atoms. The van der Waals surface area contributed by atoms with Crippen LogP contribution in [0.1, 0.15) is 174 Å². The van der Waals surface area contributed by atoms with E-state index in [0.29, 0.717) is 69.9 Å². The first kappa shape index (κ1) is 72.3. The quantitative estimate of drug-likeness (QED) is 0.0788. The number of carbonyl (C=O) groups is 4. The number of nitrogens with one attached hydrogen (secondary N) is 1. The van der Waals surface area contributed by atoms with Crippen molar-refractivity contribution in [3.8, 4) is 0 Å². The van der Waals surface area contributed by atoms with E-state index in [1.165, 1.54) is 12.8 Å². The van der Waals surface area contributed by atoms with Gasteiger partial charge < -0.3 is 35.0 Å². The maximum absolute atomic E-state index is 12.6. The van der Waals surface area contributed by atoms with Gasteiger partial charge in [-0.1, -0.05) is 0 Å². The van der Waals surface area contributed by atoms with Gasteiger partial charge in [-0.25, -0.2) is 8.42 Å². The number of aliphatic hydroxyl groups excluding tert-OH is 2. The smallest absolute Gasteiger partial charge is 0.396 e. The Kier molecular flexibility index (Phi) is 28.4. The van der Waals surface area contributed by atoms with E-state index in [0.717, 1.165) is 39.9 Å². The zero-order valence-corrected chi connectivity index (χ0v) is 48.3. The van der Waals surface area contributed by atoms with E-state index in [4.69, 9.17) is 15.4 Å². The fourth-order valence-corrected chi connectivity index (χ4v) is 9.97. The lowest BCUT2D eigenvalue weighted by atomic mass is 9.93. The van der Waals surface area contributed by atoms with Gasteiger partial charge in [0.25, 0.3) is 0 Å². The number of amides is 3. The first-order chi connectivity index (χ1) is 33.7. The average molecular weight is 1140 g/mol. The minimum absolute atomic E-state index is 0.00850. The second kappa shape index (κ2) is 29.5. The molecule has 4 aliphatic rings. The summed E-state index contributed by atoms with van der Waals surface area (Å²) < 4.78 is 138. The van der Waals surface area contributed by atoms with Gasteiger partial charge in [-0.05, 0) is 198 Å². The summed E-state index contributed by atoms with van der Waals surface area (Å²) in [6.07, 6.45) is -3.93. The summed E-state index contributed by atoms with van der Waals surface area (Å²) in [6, 6.07) is 0. The molecule has 0 aromatic rings. The van der Waals surface area contributed by atoms with Crippen molar-refractivity contribution in [3.05, 3.63) is 0 Å². The largest absolute Gasteiger partial charge is 0.471 e. The summed E-state index contributed by atoms with van der Waals surface area (Å²) >= 11 is 0. The zero-order valence-electron chi connectivity index (χ0n) is 46.6. The Morgan fingerprint density at radius 1 is 0.587 bits per heavy atom. The standard InChI is InChI=1S/C15H25F3N2O2S.C11H18F3NO2.C11H16F3NO2.C9H19NO.C4H11NOS/c1-13(2,3)23(22)19-8-6-7-11-9-14(4,5)20(10-11)12(21)15(16,17)18;2*1-10(2)6-8(4-3-5-16)7-15(10)9(17)11(12,13)14;1-9(2)6-8(7-10-9)4-3-5-11;1-4(2,3)7(5)6/h8,11H,6-7,9-10H2,1-5H3;8,16H,3-7H2,1-2H3;5,8H,3-4,6-7H2,1-2H3;8,10-11H,3-7H2,1-2H3;5H2,1-3H3/t11-,23?;3*8-;/m0000./s1. The topological polar surface area (TPSA) is 203 Å². The van der Waals surface area contributed by atoms with Gasteiger partial charge in [0.15, 0.2) is 0 Å². The molecule has 0 aromatic carbocycles. The monoisotopic (exact) mass is 1140 g/mol. The van der Waals surface area contributed by atoms with E-state index in [-0.39, 0.29) is 48.7 Å². The Bertz CT molecular complexity index is 1890. The van der Waals surface area contributed by atoms with Crippen LogP contribution in [0, 0.1) is 23.7 Å². The molecule has 14 nitrogen and oxygen atoms in total. The zero-order chi connectivity index (χ0) is 59.0. The van der Waals surface area contributed by atoms with Gasteiger partial charge in [0.05, 0.1) is 20.5 Å². The first-order valence-corrected chi connectivity index (χ1v) is 27.7. The Balaban J connectivity index is 0.000000954. The number of carbonyl (C=O) groups excluding carboxylic acids is 4. The molecule has 2 unspecified atom stereocenters. The third-order valence-corrected chi connectivity index (χ3v) is 15.8. The van der Waals surface area contributed by atoms with Crippen molar-refractivity contribution in [3.63, 3.8) is 0 Å². The molecule has 0 radical (unpaired) electrons. The minimum atomic E-state index is -4.84. The first-order valence-electron chi connectivity index (χ1n) is 25.4. The van der Waals surface area contributed by atoms with E-state index in [9.17, 15) is 67.1 Å². The normalized spacial score (nSPS) is 23.9. The number of hydrogen-bond acceptors (Lipinski definition) is 9. The van der Waals surface area contributed by atoms with E-state index >= 15 is 0 Å². The highest BCUT2D eigenvalue weighted by Crippen LogP contribution is 2.40. The molecule has 5 N–H and O–H groups in total. The minimum Gasteiger partial charge on any atom is -0.396 e. The van der Waals surface area contributed by atoms with Crippen molar-refractivity contribution < 1.29 is 77.3 Å². The van der Waals surface area contributed by atoms with Crippen molar-refractivity contribution in [2.45, 2.75) is 224 Å². The second-order valence-electron chi connectivity index (χ2n) is 24.3. The third-order valence-electron chi connectivity index (χ3n) is 13.2. The fourth-order valence-electron chi connectivity index (χ4n) is 9.42. The highest BCUT2D eigenvalue weighted by molar-refractivity contribution is 7.85. The number of halogens is 9. The van der Waals surface area contributed by atoms with Gasteiger partial charge in [-0.3, -0.25) is 19.5 Å². The molecule has 6 atom stereocenters. The predicted octanol–water partition coefficient (Wildman–Crippen LogP) is 9.15. The van der Waals surface area contributed by atoms with Crippen LogP contribution in [0.2, 0.25) is 0 Å². The van der Waals surface area contributed by atoms with Gasteiger partial charge in [0.2, 0.25) is 0 Å². The van der Waals surface area contributed by atoms with Crippen LogP contribution in [0.4, 0.5) is 39.5 Å². The third kappa shape index (κ3) is 26.2. The second-order valence-corrected chi connectivity index (χ2v) is 28.1. The molecule has 0 aromatic heterocycles. The summed E-state index contributed by atoms with van der Waals surface area (Å²) in [5, 5.41) is 25.9. The molecule has 4 fully saturated rings. The molecule has 3 amide bonds. The Hall–Kier alpha value is -2.74. The highest BCUT2D eigenvalue weighted by atomic mass is 32.2. The summed E-state index contributed by atoms with van der Waals surface area (Å²) in [6.45, 7) is 27.1. The van der Waals surface area contributed by atoms with E-state index < -0.39 is 79.6 Å². The maximum Gasteiger partial charge on any atom is 0.471 e. The maximum atomic E-state index is 12.6. The number of alkyl halides is 9. The number of rotatable bonds is 13. The molecule has 0 spiro atoms. The SMILES string of the molecule is CC(C)(C)S(N)=O.CC1(C)C[C@H](CCC=NS(=O)C(C)(C)C)CN1C(=O)C(F)(F)F.CC1(C)C[C@H](CCC=O)CN1C(=O)C(F)(F)F.CC1(C)C[C@H](CCCO)CN1.CC1(C)C[C@H](CCCO)CN1C(=O)C(F)(F)F. The molecule has 4 aliphatic heterocycles. The Labute approximate surface area is 444 Å². The van der Waals surface area contributed by atoms with Gasteiger partial charge in [0.1, 0.15) is 17.3 Å². The number of likely N-dealkylation sites (tertiary alicyclic amines) is 3. The fraction of sp³-hybridized carbons (Fsp3) is 0.900. The van der Waals surface area contributed by atoms with Crippen molar-refractivity contribution in [1.29, 1.82) is 0 Å². The van der Waals surface area contributed by atoms with Crippen molar-refractivity contribution in [2.24, 2.45) is 33.2 Å². The number of aliphatic hydroxyl groups is 2. The number of nitrogens with two attached hydrogens (primary N) is 1. The van der Waals surface area contributed by atoms with Crippen LogP contribution in [0.3, 0.4) is 0 Å². The van der Waals surface area contributed by atoms with Crippen LogP contribution in [0.25, 0.3) is 0 Å². The van der Waals surface area contributed by atoms with Crippen LogP contribution in [0.5, 0.6) is 0 Å². The van der Waals surface area contributed by atoms with Crippen LogP contribution in [-0.2, 0) is 41.1 Å². The van der Waals surface area contributed by atoms with E-state index in [2.05, 4.69) is 23.6 Å². The molecule has 4 saturated heterocycles. The molecule has 442 valence electrons. The average Bonchev–Trinajstić information content (AvgIpc) is 3.96. The lowest BCUT2D eigenvalue weighted by molar-refractivity contribution is -0.188. The number of hydrogen-bond donors (Lipinski definition) is 4. The molecule has 75 heavy (non-hydrogen) atoms. The van der Waals surface area contributed by atoms with Crippen LogP contribution in [0.15, 0.2) is 4.40 Å². The lowest BCUT2D eigenvalue weighted by Gasteiger charge is -2.31. The van der Waals surface area contributed by atoms with Gasteiger partial charge in [-0.2, -0.15) is 43.9 Å². The molecule has 4 heterocycles. The number of aldehydes is 1.